The van der Waals surface area contributed by atoms with Crippen LogP contribution in [0.15, 0.2) is 82.6 Å². The van der Waals surface area contributed by atoms with Crippen molar-refractivity contribution in [1.29, 1.82) is 0 Å². The monoisotopic (exact) mass is 665 g/mol. The smallest absolute Gasteiger partial charge is 0.315 e. The van der Waals surface area contributed by atoms with Gasteiger partial charge in [-0.15, -0.1) is 8.57 Å². The van der Waals surface area contributed by atoms with Crippen LogP contribution in [0, 0.1) is 0 Å². The van der Waals surface area contributed by atoms with Crippen LogP contribution < -0.4 is 17.1 Å². The molecule has 0 aliphatic heterocycles. The maximum Gasteiger partial charge on any atom is 0.315 e. The van der Waals surface area contributed by atoms with Gasteiger partial charge in [0, 0.05) is 92.7 Å². The predicted octanol–water partition coefficient (Wildman–Crippen LogP) is 1.17. The van der Waals surface area contributed by atoms with E-state index >= 15 is 0 Å². The van der Waals surface area contributed by atoms with E-state index in [0.29, 0.717) is 0 Å². The third-order valence-corrected chi connectivity index (χ3v) is 9.30. The van der Waals surface area contributed by atoms with Crippen LogP contribution in [0.1, 0.15) is 63.7 Å². The van der Waals surface area contributed by atoms with Gasteiger partial charge in [-0.2, -0.15) is 16.8 Å². The summed E-state index contributed by atoms with van der Waals surface area (Å²) in [6.07, 6.45) is 0. The van der Waals surface area contributed by atoms with Crippen LogP contribution >= 0.6 is 0 Å². The number of hydrogen-bond acceptors (Lipinski definition) is 13. The summed E-state index contributed by atoms with van der Waals surface area (Å²) in [5.74, 6) is -3.05. The predicted molar refractivity (Wildman–Crippen MR) is 160 cm³/mol. The van der Waals surface area contributed by atoms with E-state index in [9.17, 15) is 36.0 Å². The van der Waals surface area contributed by atoms with Crippen molar-refractivity contribution < 1.29 is 44.6 Å². The second-order valence-corrected chi connectivity index (χ2v) is 12.4. The summed E-state index contributed by atoms with van der Waals surface area (Å²) in [6, 6.07) is 15.5. The van der Waals surface area contributed by atoms with Gasteiger partial charge in [0.15, 0.2) is 23.1 Å². The molecular weight excluding hydrogens is 648 g/mol. The van der Waals surface area contributed by atoms with Crippen molar-refractivity contribution in [1.82, 2.24) is 5.64 Å². The molecule has 4 aromatic carbocycles. The number of rotatable bonds is 6. The average molecular weight is 666 g/mol. The zero-order chi connectivity index (χ0) is 30.8. The van der Waals surface area contributed by atoms with E-state index in [1.165, 1.54) is 54.2 Å². The number of carbonyl (C=O) groups is 4. The number of nitrogens with one attached hydrogen (secondary N) is 1. The van der Waals surface area contributed by atoms with E-state index in [1.807, 2.05) is 0 Å². The molecule has 13 nitrogen and oxygen atoms in total. The van der Waals surface area contributed by atoms with Crippen molar-refractivity contribution in [3.05, 3.63) is 117 Å². The summed E-state index contributed by atoms with van der Waals surface area (Å²) in [5, 5.41) is 0. The first-order chi connectivity index (χ1) is 20.3. The molecule has 0 spiro atoms. The molecule has 2 radical (unpaired) electrons. The van der Waals surface area contributed by atoms with Gasteiger partial charge in [-0.3, -0.25) is 19.2 Å². The van der Waals surface area contributed by atoms with Crippen LogP contribution in [-0.4, -0.2) is 99.1 Å². The molecule has 0 saturated heterocycles. The van der Waals surface area contributed by atoms with E-state index in [0.717, 1.165) is 24.3 Å². The van der Waals surface area contributed by atoms with Crippen LogP contribution in [0.2, 0.25) is 0 Å². The van der Waals surface area contributed by atoms with E-state index in [4.69, 9.17) is 11.5 Å². The van der Waals surface area contributed by atoms with Gasteiger partial charge >= 0.3 is 20.2 Å². The van der Waals surface area contributed by atoms with Crippen molar-refractivity contribution in [3.8, 4) is 0 Å². The van der Waals surface area contributed by atoms with E-state index < -0.39 is 64.3 Å². The van der Waals surface area contributed by atoms with Gasteiger partial charge in [-0.1, -0.05) is 48.5 Å². The Labute approximate surface area is 300 Å². The SMILES string of the molecule is Nc1ccc(S(=O)(=O)ONOS(=O)(=O)c2ccc(N)c3c2C(=O)c2ccccc2C3=O)c2c1C(=O)c1ccccc1C2=O.[Na].[Na]. The van der Waals surface area contributed by atoms with Gasteiger partial charge < -0.3 is 11.5 Å². The topological polar surface area (TPSA) is 219 Å². The van der Waals surface area contributed by atoms with Crippen LogP contribution in [-0.2, 0) is 28.8 Å². The number of ketones is 4. The molecule has 0 aromatic heterocycles. The molecule has 2 aliphatic rings. The molecule has 17 heteroatoms. The number of hydrogen-bond donors (Lipinski definition) is 3. The molecule has 45 heavy (non-hydrogen) atoms. The van der Waals surface area contributed by atoms with Crippen molar-refractivity contribution >= 4 is 114 Å². The minimum Gasteiger partial charge on any atom is -0.398 e. The molecule has 0 unspecified atom stereocenters. The molecule has 218 valence electrons. The summed E-state index contributed by atoms with van der Waals surface area (Å²) in [7, 11) is -10.1. The number of nitrogens with two attached hydrogens (primary N) is 2. The fourth-order valence-electron chi connectivity index (χ4n) is 5.05. The molecule has 0 heterocycles. The zero-order valence-corrected chi connectivity index (χ0v) is 29.1. The Balaban J connectivity index is 0.00000230. The van der Waals surface area contributed by atoms with E-state index in [-0.39, 0.29) is 104 Å². The fourth-order valence-corrected chi connectivity index (χ4v) is 6.88. The third-order valence-electron chi connectivity index (χ3n) is 6.97. The molecule has 6 rings (SSSR count). The number of fused-ring (bicyclic) bond motifs is 4. The number of nitrogen functional groups attached to an aromatic ring is 2. The standard InChI is InChI=1S/C28H17N3O10S2.2Na/c29-17-9-11-19(23-21(17)25(32)13-5-1-3-7-15(13)27(23)34)42(36,37)40-31-41-43(38,39)20-12-10-18(30)22-24(20)28(35)16-8-4-2-6-14(16)26(22)33;;/h1-12,31H,29-30H2;;. The van der Waals surface area contributed by atoms with Crippen LogP contribution in [0.3, 0.4) is 0 Å². The normalized spacial score (nSPS) is 13.5. The first-order valence-corrected chi connectivity index (χ1v) is 15.0. The minimum absolute atomic E-state index is 0. The average Bonchev–Trinajstić information content (AvgIpc) is 2.98. The number of benzene rings is 4. The van der Waals surface area contributed by atoms with E-state index in [1.54, 1.807) is 0 Å². The second kappa shape index (κ2) is 12.6. The Bertz CT molecular complexity index is 2050. The van der Waals surface area contributed by atoms with Crippen LogP contribution in [0.25, 0.3) is 0 Å². The molecule has 4 aromatic rings. The van der Waals surface area contributed by atoms with Gasteiger partial charge in [0.1, 0.15) is 9.79 Å². The molecule has 0 bridgehead atoms. The van der Waals surface area contributed by atoms with Gasteiger partial charge in [0.25, 0.3) is 0 Å². The fraction of sp³-hybridized carbons (Fsp3) is 0. The maximum absolute atomic E-state index is 13.3. The summed E-state index contributed by atoms with van der Waals surface area (Å²) in [5.41, 5.74) is 10.9. The molecule has 0 amide bonds. The van der Waals surface area contributed by atoms with Crippen molar-refractivity contribution in [3.63, 3.8) is 0 Å². The van der Waals surface area contributed by atoms with Gasteiger partial charge in [-0.25, -0.2) is 0 Å². The Morgan fingerprint density at radius 2 is 0.756 bits per heavy atom. The molecule has 0 saturated carbocycles. The Hall–Kier alpha value is -3.06. The van der Waals surface area contributed by atoms with Gasteiger partial charge in [0.2, 0.25) is 0 Å². The van der Waals surface area contributed by atoms with E-state index in [2.05, 4.69) is 8.57 Å². The summed E-state index contributed by atoms with van der Waals surface area (Å²) in [4.78, 5) is 51.1. The first-order valence-electron chi connectivity index (χ1n) is 12.2. The first kappa shape index (κ1) is 34.8. The Morgan fingerprint density at radius 3 is 1.07 bits per heavy atom. The maximum atomic E-state index is 13.3. The van der Waals surface area contributed by atoms with Gasteiger partial charge in [-0.05, 0) is 29.9 Å². The largest absolute Gasteiger partial charge is 0.398 e. The molecule has 0 fully saturated rings. The third kappa shape index (κ3) is 5.64. The summed E-state index contributed by atoms with van der Waals surface area (Å²) >= 11 is 0. The molecule has 2 aliphatic carbocycles. The van der Waals surface area contributed by atoms with Crippen molar-refractivity contribution in [2.75, 3.05) is 11.5 Å². The van der Waals surface area contributed by atoms with Crippen molar-refractivity contribution in [2.24, 2.45) is 0 Å². The van der Waals surface area contributed by atoms with Crippen molar-refractivity contribution in [2.45, 2.75) is 9.79 Å². The van der Waals surface area contributed by atoms with Crippen LogP contribution in [0.4, 0.5) is 11.4 Å². The summed E-state index contributed by atoms with van der Waals surface area (Å²) < 4.78 is 61.7. The quantitative estimate of drug-likeness (QED) is 0.129. The Kier molecular flexibility index (Phi) is 9.76. The van der Waals surface area contributed by atoms with Gasteiger partial charge in [0.05, 0.1) is 22.3 Å². The molecule has 5 N–H and O–H groups in total. The minimum atomic E-state index is -5.04. The molecular formula is C28H17N3Na2O10S2. The number of carbonyl (C=O) groups excluding carboxylic acids is 4. The molecule has 0 atom stereocenters. The number of anilines is 2. The Morgan fingerprint density at radius 1 is 0.467 bits per heavy atom. The zero-order valence-electron chi connectivity index (χ0n) is 23.5. The van der Waals surface area contributed by atoms with Crippen LogP contribution in [0.5, 0.6) is 0 Å². The summed E-state index contributed by atoms with van der Waals surface area (Å²) in [6.45, 7) is 0. The second-order valence-electron chi connectivity index (χ2n) is 9.37.